The number of carbonyl (C=O) groups excluding carboxylic acids is 1. The van der Waals surface area contributed by atoms with Crippen molar-refractivity contribution in [3.63, 3.8) is 0 Å². The molecule has 0 aromatic carbocycles. The molecule has 6 atom stereocenters. The summed E-state index contributed by atoms with van der Waals surface area (Å²) < 4.78 is 0.990. The second-order valence-electron chi connectivity index (χ2n) is 10.4. The average molecular weight is 604 g/mol. The van der Waals surface area contributed by atoms with Gasteiger partial charge in [-0.25, -0.2) is 9.97 Å². The number of hydrogen-bond acceptors (Lipinski definition) is 12. The highest BCUT2D eigenvalue weighted by atomic mass is 32.1. The van der Waals surface area contributed by atoms with Crippen LogP contribution in [0, 0.1) is 25.7 Å². The van der Waals surface area contributed by atoms with Crippen molar-refractivity contribution in [3.8, 4) is 10.6 Å². The zero-order valence-electron chi connectivity index (χ0n) is 25.4. The predicted molar refractivity (Wildman–Crippen MR) is 165 cm³/mol. The van der Waals surface area contributed by atoms with Crippen LogP contribution >= 0.6 is 11.3 Å². The largest absolute Gasteiger partial charge is 0.400 e. The number of aliphatic hydroxyl groups is 4. The van der Waals surface area contributed by atoms with E-state index in [-0.39, 0.29) is 12.5 Å². The van der Waals surface area contributed by atoms with E-state index < -0.39 is 36.2 Å². The first kappa shape index (κ1) is 33.5. The van der Waals surface area contributed by atoms with Crippen LogP contribution in [0.4, 0.5) is 11.8 Å². The second kappa shape index (κ2) is 15.0. The van der Waals surface area contributed by atoms with Crippen LogP contribution in [-0.4, -0.2) is 90.3 Å². The quantitative estimate of drug-likeness (QED) is 0.191. The number of aryl methyl sites for hydroxylation is 2. The van der Waals surface area contributed by atoms with Crippen LogP contribution in [-0.2, 0) is 4.79 Å². The van der Waals surface area contributed by atoms with Crippen molar-refractivity contribution in [1.82, 2.24) is 25.3 Å². The van der Waals surface area contributed by atoms with E-state index in [1.165, 1.54) is 24.2 Å². The van der Waals surface area contributed by atoms with Crippen LogP contribution in [0.25, 0.3) is 20.8 Å². The number of amides is 1. The molecule has 0 spiro atoms. The zero-order chi connectivity index (χ0) is 31.1. The van der Waals surface area contributed by atoms with Crippen molar-refractivity contribution >= 4 is 39.2 Å². The van der Waals surface area contributed by atoms with Crippen molar-refractivity contribution in [2.24, 2.45) is 11.8 Å². The van der Waals surface area contributed by atoms with E-state index in [1.54, 1.807) is 13.1 Å². The number of anilines is 2. The molecule has 0 bridgehead atoms. The molecule has 3 aromatic heterocycles. The number of carbonyl (C=O) groups is 1. The Balaban J connectivity index is 0.00000116. The molecule has 0 aliphatic heterocycles. The van der Waals surface area contributed by atoms with Crippen LogP contribution in [0.3, 0.4) is 0 Å². The van der Waals surface area contributed by atoms with Crippen molar-refractivity contribution in [2.45, 2.75) is 91.2 Å². The number of likely N-dealkylation sites (N-methyl/N-ethyl adjacent to an activating group) is 1. The number of hydrogen-bond donors (Lipinski definition) is 7. The molecule has 1 amide bonds. The molecule has 12 nitrogen and oxygen atoms in total. The first-order valence-electron chi connectivity index (χ1n) is 14.6. The lowest BCUT2D eigenvalue weighted by Crippen LogP contribution is -2.43. The van der Waals surface area contributed by atoms with Gasteiger partial charge >= 0.3 is 0 Å². The van der Waals surface area contributed by atoms with Crippen LogP contribution < -0.4 is 16.0 Å². The lowest BCUT2D eigenvalue weighted by atomic mass is 9.97. The normalized spacial score (nSPS) is 22.7. The van der Waals surface area contributed by atoms with E-state index in [0.29, 0.717) is 40.5 Å². The number of nitrogens with zero attached hydrogens (tertiary/aromatic N) is 4. The third-order valence-electron chi connectivity index (χ3n) is 7.55. The maximum atomic E-state index is 12.2. The summed E-state index contributed by atoms with van der Waals surface area (Å²) >= 11 is 1.51. The fraction of sp³-hybridized carbons (Fsp3) is 0.621. The zero-order valence-corrected chi connectivity index (χ0v) is 26.2. The topological polar surface area (TPSA) is 186 Å². The standard InChI is InChI=1S/C26H35N7O4S.C2H6.CH4O/c1-5-27-24(37)21(35)15-10-16(22(36)20(15)34)31-23-18(25-32-19-13(4)28-9-8-17(19)38-25)12(3)30-26(33-23)29-11(2)14-6-7-14;2*1-2/h8-9,11,14-16,20-22,34-36H,5-7,10H2,1-4H3,(H,27,37)(H2,29,30,31,33);1-2H3;2H,1H3/t11-,15?,16-,20-,21?,22+;;/m1../s1. The molecule has 5 rings (SSSR count). The van der Waals surface area contributed by atoms with Gasteiger partial charge in [0.2, 0.25) is 11.9 Å². The summed E-state index contributed by atoms with van der Waals surface area (Å²) in [6.45, 7) is 12.0. The van der Waals surface area contributed by atoms with Gasteiger partial charge in [-0.1, -0.05) is 13.8 Å². The van der Waals surface area contributed by atoms with E-state index in [2.05, 4.69) is 27.9 Å². The maximum absolute atomic E-state index is 12.2. The van der Waals surface area contributed by atoms with Crippen molar-refractivity contribution in [3.05, 3.63) is 23.7 Å². The van der Waals surface area contributed by atoms with E-state index >= 15 is 0 Å². The molecule has 2 saturated carbocycles. The lowest BCUT2D eigenvalue weighted by molar-refractivity contribution is -0.134. The van der Waals surface area contributed by atoms with Gasteiger partial charge in [-0.3, -0.25) is 9.78 Å². The van der Waals surface area contributed by atoms with Gasteiger partial charge < -0.3 is 36.4 Å². The fourth-order valence-electron chi connectivity index (χ4n) is 5.18. The molecule has 3 aromatic rings. The smallest absolute Gasteiger partial charge is 0.249 e. The highest BCUT2D eigenvalue weighted by Crippen LogP contribution is 2.39. The van der Waals surface area contributed by atoms with E-state index in [1.807, 2.05) is 33.8 Å². The first-order valence-corrected chi connectivity index (χ1v) is 15.4. The summed E-state index contributed by atoms with van der Waals surface area (Å²) in [6.07, 6.45) is 0.358. The van der Waals surface area contributed by atoms with Gasteiger partial charge in [0.1, 0.15) is 28.6 Å². The van der Waals surface area contributed by atoms with Gasteiger partial charge in [-0.05, 0) is 58.9 Å². The Labute approximate surface area is 251 Å². The number of fused-ring (bicyclic) bond motifs is 1. The van der Waals surface area contributed by atoms with Gasteiger partial charge in [0, 0.05) is 31.8 Å². The Bertz CT molecular complexity index is 1340. The number of nitrogens with one attached hydrogen (secondary N) is 3. The molecule has 232 valence electrons. The minimum absolute atomic E-state index is 0.174. The molecule has 2 aliphatic rings. The minimum atomic E-state index is -1.44. The molecular weight excluding hydrogens is 558 g/mol. The molecule has 7 N–H and O–H groups in total. The molecule has 42 heavy (non-hydrogen) atoms. The van der Waals surface area contributed by atoms with Gasteiger partial charge in [0.05, 0.1) is 33.8 Å². The predicted octanol–water partition coefficient (Wildman–Crippen LogP) is 2.63. The number of aromatic nitrogens is 4. The Morgan fingerprint density at radius 3 is 2.40 bits per heavy atom. The van der Waals surface area contributed by atoms with Crippen molar-refractivity contribution in [2.75, 3.05) is 24.3 Å². The maximum Gasteiger partial charge on any atom is 0.249 e. The van der Waals surface area contributed by atoms with Crippen LogP contribution in [0.5, 0.6) is 0 Å². The summed E-state index contributed by atoms with van der Waals surface area (Å²) in [7, 11) is 1.00. The molecule has 2 aliphatic carbocycles. The minimum Gasteiger partial charge on any atom is -0.400 e. The Kier molecular flexibility index (Phi) is 11.9. The Hall–Kier alpha value is -2.97. The van der Waals surface area contributed by atoms with Crippen LogP contribution in [0.1, 0.15) is 58.3 Å². The third kappa shape index (κ3) is 7.32. The number of thiazole rings is 1. The van der Waals surface area contributed by atoms with Crippen molar-refractivity contribution < 1.29 is 25.2 Å². The second-order valence-corrected chi connectivity index (χ2v) is 11.4. The SMILES string of the molecule is CC.CCNC(=O)C(O)C1C[C@@H](Nc2nc(N[C@H](C)C3CC3)nc(C)c2-c2nc3c(C)nccc3s2)[C@H](O)[C@@H]1O.CO. The Morgan fingerprint density at radius 2 is 1.79 bits per heavy atom. The van der Waals surface area contributed by atoms with E-state index in [0.717, 1.165) is 23.0 Å². The van der Waals surface area contributed by atoms with Gasteiger partial charge in [-0.15, -0.1) is 11.3 Å². The summed E-state index contributed by atoms with van der Waals surface area (Å²) in [5.41, 5.74) is 3.05. The molecule has 3 heterocycles. The Morgan fingerprint density at radius 1 is 1.10 bits per heavy atom. The summed E-state index contributed by atoms with van der Waals surface area (Å²) in [6, 6.07) is 1.49. The monoisotopic (exact) mass is 603 g/mol. The molecule has 0 saturated heterocycles. The first-order chi connectivity index (χ1) is 20.2. The van der Waals surface area contributed by atoms with Gasteiger partial charge in [0.15, 0.2) is 0 Å². The average Bonchev–Trinajstić information content (AvgIpc) is 3.69. The van der Waals surface area contributed by atoms with E-state index in [4.69, 9.17) is 20.1 Å². The number of rotatable bonds is 9. The number of pyridine rings is 1. The van der Waals surface area contributed by atoms with Gasteiger partial charge in [-0.2, -0.15) is 4.98 Å². The van der Waals surface area contributed by atoms with Crippen LogP contribution in [0.2, 0.25) is 0 Å². The van der Waals surface area contributed by atoms with Crippen LogP contribution in [0.15, 0.2) is 12.3 Å². The third-order valence-corrected chi connectivity index (χ3v) is 8.59. The number of aliphatic hydroxyl groups excluding tert-OH is 4. The lowest BCUT2D eigenvalue weighted by Gasteiger charge is -2.22. The van der Waals surface area contributed by atoms with Crippen molar-refractivity contribution in [1.29, 1.82) is 0 Å². The molecule has 13 heteroatoms. The summed E-state index contributed by atoms with van der Waals surface area (Å²) in [4.78, 5) is 31.0. The fourth-order valence-corrected chi connectivity index (χ4v) is 6.29. The van der Waals surface area contributed by atoms with E-state index in [9.17, 15) is 20.1 Å². The molecule has 0 radical (unpaired) electrons. The highest BCUT2D eigenvalue weighted by Gasteiger charge is 2.47. The summed E-state index contributed by atoms with van der Waals surface area (Å²) in [5, 5.41) is 49.1. The highest BCUT2D eigenvalue weighted by molar-refractivity contribution is 7.21. The molecule has 2 fully saturated rings. The molecule has 2 unspecified atom stereocenters. The van der Waals surface area contributed by atoms with Gasteiger partial charge in [0.25, 0.3) is 0 Å². The molecular formula is C29H45N7O5S. The summed E-state index contributed by atoms with van der Waals surface area (Å²) in [5.74, 6) is 0.139.